The smallest absolute Gasteiger partial charge is 0.337 e. The molecule has 1 aromatic heterocycles. The number of aromatic carboxylic acids is 1. The van der Waals surface area contributed by atoms with Gasteiger partial charge in [-0.1, -0.05) is 36.4 Å². The molecule has 0 fully saturated rings. The summed E-state index contributed by atoms with van der Waals surface area (Å²) >= 11 is 0. The number of hydrogen-bond donors (Lipinski definition) is 4. The largest absolute Gasteiger partial charge is 0.478 e. The van der Waals surface area contributed by atoms with Gasteiger partial charge < -0.3 is 25.6 Å². The van der Waals surface area contributed by atoms with Gasteiger partial charge in [-0.15, -0.1) is 0 Å². The third kappa shape index (κ3) is 4.90. The first-order valence-electron chi connectivity index (χ1n) is 11.5. The van der Waals surface area contributed by atoms with E-state index in [4.69, 9.17) is 9.83 Å². The summed E-state index contributed by atoms with van der Waals surface area (Å²) in [5, 5.41) is 23.9. The minimum Gasteiger partial charge on any atom is -0.478 e. The molecule has 0 aliphatic heterocycles. The number of anilines is 1. The Morgan fingerprint density at radius 2 is 1.86 bits per heavy atom. The van der Waals surface area contributed by atoms with Gasteiger partial charge in [0.25, 0.3) is 0 Å². The quantitative estimate of drug-likeness (QED) is 0.235. The van der Waals surface area contributed by atoms with E-state index in [1.807, 2.05) is 44.2 Å². The summed E-state index contributed by atoms with van der Waals surface area (Å²) in [4.78, 5) is 24.8. The maximum atomic E-state index is 13.2. The molecule has 4 N–H and O–H groups in total. The van der Waals surface area contributed by atoms with Crippen molar-refractivity contribution in [3.05, 3.63) is 105 Å². The van der Waals surface area contributed by atoms with Gasteiger partial charge in [0.15, 0.2) is 5.43 Å². The molecule has 1 unspecified atom stereocenters. The van der Waals surface area contributed by atoms with E-state index in [1.54, 1.807) is 43.6 Å². The minimum atomic E-state index is -1.02. The summed E-state index contributed by atoms with van der Waals surface area (Å²) in [5.41, 5.74) is 4.77. The second-order valence-electron chi connectivity index (χ2n) is 8.54. The molecule has 0 amide bonds. The van der Waals surface area contributed by atoms with Crippen LogP contribution in [0.25, 0.3) is 27.9 Å². The minimum absolute atomic E-state index is 0.164. The van der Waals surface area contributed by atoms with Gasteiger partial charge in [0.05, 0.1) is 17.0 Å². The number of carbonyl (C=O) groups is 1. The Balaban J connectivity index is 1.84. The molecule has 0 bridgehead atoms. The number of benzene rings is 3. The highest BCUT2D eigenvalue weighted by atomic mass is 16.4. The molecule has 0 saturated carbocycles. The highest BCUT2D eigenvalue weighted by Crippen LogP contribution is 2.32. The Morgan fingerprint density at radius 1 is 1.08 bits per heavy atom. The Bertz CT molecular complexity index is 1550. The Hall–Kier alpha value is -4.65. The van der Waals surface area contributed by atoms with Crippen molar-refractivity contribution in [3.8, 4) is 11.3 Å². The van der Waals surface area contributed by atoms with Gasteiger partial charge in [0, 0.05) is 47.9 Å². The second-order valence-corrected chi connectivity index (χ2v) is 8.54. The van der Waals surface area contributed by atoms with Crippen molar-refractivity contribution in [3.63, 3.8) is 0 Å². The van der Waals surface area contributed by atoms with Crippen LogP contribution in [-0.2, 0) is 0 Å². The lowest BCUT2D eigenvalue weighted by Gasteiger charge is -2.19. The molecule has 3 aromatic carbocycles. The lowest BCUT2D eigenvalue weighted by Crippen LogP contribution is -2.12. The second kappa shape index (κ2) is 10.3. The predicted octanol–water partition coefficient (Wildman–Crippen LogP) is 5.85. The SMILES string of the molecule is CN/C=C(\C=N)c1cccc(-c2cc(=O)c3cc(C)cc(C(C)Nc4ccccc4C(=O)O)c3o2)c1. The lowest BCUT2D eigenvalue weighted by molar-refractivity contribution is 0.0698. The van der Waals surface area contributed by atoms with Gasteiger partial charge in [-0.2, -0.15) is 0 Å². The zero-order valence-corrected chi connectivity index (χ0v) is 20.3. The van der Waals surface area contributed by atoms with Crippen LogP contribution in [0.1, 0.15) is 40.0 Å². The van der Waals surface area contributed by atoms with Crippen molar-refractivity contribution in [1.29, 1.82) is 5.41 Å². The molecular formula is C29H27N3O4. The molecule has 0 aliphatic carbocycles. The molecule has 0 spiro atoms. The van der Waals surface area contributed by atoms with Gasteiger partial charge in [0.1, 0.15) is 11.3 Å². The van der Waals surface area contributed by atoms with Crippen LogP contribution in [0.4, 0.5) is 5.69 Å². The summed E-state index contributed by atoms with van der Waals surface area (Å²) in [6, 6.07) is 19.0. The van der Waals surface area contributed by atoms with Crippen LogP contribution in [-0.4, -0.2) is 24.3 Å². The first-order valence-corrected chi connectivity index (χ1v) is 11.5. The van der Waals surface area contributed by atoms with Crippen LogP contribution >= 0.6 is 0 Å². The third-order valence-corrected chi connectivity index (χ3v) is 5.93. The number of fused-ring (bicyclic) bond motifs is 1. The first kappa shape index (κ1) is 24.5. The summed E-state index contributed by atoms with van der Waals surface area (Å²) in [7, 11) is 1.77. The number of nitrogens with one attached hydrogen (secondary N) is 3. The van der Waals surface area contributed by atoms with Crippen LogP contribution in [0.15, 0.2) is 82.1 Å². The van der Waals surface area contributed by atoms with Gasteiger partial charge in [-0.25, -0.2) is 4.79 Å². The lowest BCUT2D eigenvalue weighted by atomic mass is 9.99. The van der Waals surface area contributed by atoms with E-state index in [0.717, 1.165) is 16.7 Å². The number of aryl methyl sites for hydroxylation is 1. The average molecular weight is 482 g/mol. The predicted molar refractivity (Wildman–Crippen MR) is 144 cm³/mol. The molecule has 4 rings (SSSR count). The van der Waals surface area contributed by atoms with E-state index in [1.165, 1.54) is 12.3 Å². The van der Waals surface area contributed by atoms with Crippen molar-refractivity contribution in [1.82, 2.24) is 5.32 Å². The Labute approximate surface area is 208 Å². The highest BCUT2D eigenvalue weighted by Gasteiger charge is 2.18. The van der Waals surface area contributed by atoms with Gasteiger partial charge in [0.2, 0.25) is 0 Å². The van der Waals surface area contributed by atoms with Gasteiger partial charge in [-0.3, -0.25) is 4.79 Å². The number of rotatable bonds is 8. The fourth-order valence-electron chi connectivity index (χ4n) is 4.22. The molecule has 1 atom stereocenters. The summed E-state index contributed by atoms with van der Waals surface area (Å²) < 4.78 is 6.33. The molecule has 1 heterocycles. The Morgan fingerprint density at radius 3 is 2.58 bits per heavy atom. The number of carboxylic acid groups (broad SMARTS) is 1. The topological polar surface area (TPSA) is 115 Å². The first-order chi connectivity index (χ1) is 17.3. The molecule has 0 radical (unpaired) electrons. The molecule has 7 nitrogen and oxygen atoms in total. The van der Waals surface area contributed by atoms with Crippen molar-refractivity contribution in [2.45, 2.75) is 19.9 Å². The summed E-state index contributed by atoms with van der Waals surface area (Å²) in [6.07, 6.45) is 2.99. The van der Waals surface area contributed by atoms with E-state index < -0.39 is 5.97 Å². The molecule has 7 heteroatoms. The Kier molecular flexibility index (Phi) is 7.01. The maximum Gasteiger partial charge on any atom is 0.337 e. The monoisotopic (exact) mass is 481 g/mol. The van der Waals surface area contributed by atoms with Crippen molar-refractivity contribution in [2.24, 2.45) is 0 Å². The molecule has 36 heavy (non-hydrogen) atoms. The van der Waals surface area contributed by atoms with Crippen LogP contribution in [0.5, 0.6) is 0 Å². The van der Waals surface area contributed by atoms with Gasteiger partial charge in [-0.05, 0) is 49.2 Å². The fraction of sp³-hybridized carbons (Fsp3) is 0.138. The number of hydrogen-bond acceptors (Lipinski definition) is 6. The fourth-order valence-corrected chi connectivity index (χ4v) is 4.22. The van der Waals surface area contributed by atoms with Crippen LogP contribution in [0.3, 0.4) is 0 Å². The maximum absolute atomic E-state index is 13.2. The van der Waals surface area contributed by atoms with Crippen molar-refractivity contribution < 1.29 is 14.3 Å². The summed E-state index contributed by atoms with van der Waals surface area (Å²) in [6.45, 7) is 3.81. The molecule has 182 valence electrons. The van der Waals surface area contributed by atoms with E-state index in [0.29, 0.717) is 33.6 Å². The van der Waals surface area contributed by atoms with E-state index in [2.05, 4.69) is 10.6 Å². The number of allylic oxidation sites excluding steroid dienone is 1. The molecule has 0 saturated heterocycles. The number of carboxylic acids is 1. The van der Waals surface area contributed by atoms with Crippen LogP contribution < -0.4 is 16.1 Å². The van der Waals surface area contributed by atoms with E-state index >= 15 is 0 Å². The van der Waals surface area contributed by atoms with Gasteiger partial charge >= 0.3 is 5.97 Å². The van der Waals surface area contributed by atoms with Crippen molar-refractivity contribution in [2.75, 3.05) is 12.4 Å². The van der Waals surface area contributed by atoms with Crippen LogP contribution in [0, 0.1) is 12.3 Å². The van der Waals surface area contributed by atoms with Crippen molar-refractivity contribution >= 4 is 34.4 Å². The molecular weight excluding hydrogens is 454 g/mol. The molecule has 0 aliphatic rings. The zero-order chi connectivity index (χ0) is 25.8. The highest BCUT2D eigenvalue weighted by molar-refractivity contribution is 6.08. The average Bonchev–Trinajstić information content (AvgIpc) is 2.87. The van der Waals surface area contributed by atoms with Crippen LogP contribution in [0.2, 0.25) is 0 Å². The van der Waals surface area contributed by atoms with E-state index in [9.17, 15) is 14.7 Å². The summed E-state index contributed by atoms with van der Waals surface area (Å²) in [5.74, 6) is -0.615. The van der Waals surface area contributed by atoms with E-state index in [-0.39, 0.29) is 17.0 Å². The zero-order valence-electron chi connectivity index (χ0n) is 20.3. The normalized spacial score (nSPS) is 12.2. The standard InChI is InChI=1S/C29H27N3O4/c1-17-11-23(18(2)32-25-10-5-4-9-22(25)29(34)35)28-24(12-17)26(33)14-27(36-28)20-8-6-7-19(13-20)21(15-30)16-31-3/h4-16,18,30-32H,1-3H3,(H,34,35)/b21-16+,30-15?. The molecule has 4 aromatic rings. The third-order valence-electron chi connectivity index (χ3n) is 5.93. The number of para-hydroxylation sites is 1.